The largest absolute Gasteiger partial charge is 0.494 e. The van der Waals surface area contributed by atoms with Gasteiger partial charge in [-0.2, -0.15) is 0 Å². The second kappa shape index (κ2) is 11.8. The average Bonchev–Trinajstić information content (AvgIpc) is 3.26. The summed E-state index contributed by atoms with van der Waals surface area (Å²) in [6.45, 7) is 3.81. The van der Waals surface area contributed by atoms with Gasteiger partial charge >= 0.3 is 5.97 Å². The minimum Gasteiger partial charge on any atom is -0.494 e. The fourth-order valence-electron chi connectivity index (χ4n) is 4.28. The second-order valence-electron chi connectivity index (χ2n) is 8.44. The molecule has 0 spiro atoms. The van der Waals surface area contributed by atoms with Crippen molar-refractivity contribution in [1.29, 1.82) is 0 Å². The maximum atomic E-state index is 13.6. The molecule has 8 nitrogen and oxygen atoms in total. The van der Waals surface area contributed by atoms with Crippen LogP contribution in [0.5, 0.6) is 5.75 Å². The summed E-state index contributed by atoms with van der Waals surface area (Å²) in [5, 5.41) is 3.21. The van der Waals surface area contributed by atoms with Gasteiger partial charge in [-0.3, -0.25) is 9.10 Å². The highest BCUT2D eigenvalue weighted by Gasteiger charge is 2.30. The van der Waals surface area contributed by atoms with Gasteiger partial charge in [0.2, 0.25) is 5.91 Å². The zero-order valence-electron chi connectivity index (χ0n) is 20.9. The van der Waals surface area contributed by atoms with E-state index in [9.17, 15) is 18.0 Å². The van der Waals surface area contributed by atoms with Gasteiger partial charge in [-0.1, -0.05) is 18.2 Å². The van der Waals surface area contributed by atoms with E-state index in [0.717, 1.165) is 40.4 Å². The third-order valence-electron chi connectivity index (χ3n) is 5.96. The van der Waals surface area contributed by atoms with Crippen molar-refractivity contribution in [2.75, 3.05) is 29.4 Å². The van der Waals surface area contributed by atoms with Crippen molar-refractivity contribution >= 4 is 43.9 Å². The average molecular weight is 543 g/mol. The quantitative estimate of drug-likeness (QED) is 0.360. The van der Waals surface area contributed by atoms with E-state index in [1.165, 1.54) is 23.5 Å². The van der Waals surface area contributed by atoms with Gasteiger partial charge in [0, 0.05) is 4.88 Å². The zero-order chi connectivity index (χ0) is 26.4. The molecular weight excluding hydrogens is 512 g/mol. The minimum atomic E-state index is -4.06. The lowest BCUT2D eigenvalue weighted by molar-refractivity contribution is -0.114. The van der Waals surface area contributed by atoms with E-state index in [4.69, 9.17) is 9.47 Å². The molecule has 0 atom stereocenters. The van der Waals surface area contributed by atoms with Gasteiger partial charge in [0.25, 0.3) is 10.0 Å². The summed E-state index contributed by atoms with van der Waals surface area (Å²) in [5.41, 5.74) is 1.62. The number of ether oxygens (including phenoxy) is 2. The summed E-state index contributed by atoms with van der Waals surface area (Å²) in [5.74, 6) is -0.439. The number of fused-ring (bicyclic) bond motifs is 1. The molecule has 2 aromatic carbocycles. The Morgan fingerprint density at radius 1 is 0.973 bits per heavy atom. The number of carbonyl (C=O) groups is 2. The van der Waals surface area contributed by atoms with Crippen LogP contribution >= 0.6 is 11.3 Å². The molecule has 0 fully saturated rings. The van der Waals surface area contributed by atoms with Gasteiger partial charge in [-0.25, -0.2) is 13.2 Å². The Kier molecular flexibility index (Phi) is 8.50. The van der Waals surface area contributed by atoms with Crippen LogP contribution in [0, 0.1) is 0 Å². The van der Waals surface area contributed by atoms with E-state index in [2.05, 4.69) is 5.32 Å². The lowest BCUT2D eigenvalue weighted by Crippen LogP contribution is -2.38. The number of benzene rings is 2. The van der Waals surface area contributed by atoms with E-state index in [0.29, 0.717) is 28.6 Å². The summed E-state index contributed by atoms with van der Waals surface area (Å²) in [6, 6.07) is 14.5. The number of carbonyl (C=O) groups excluding carboxylic acids is 2. The Hall–Kier alpha value is -3.37. The molecular formula is C27H30N2O6S2. The summed E-state index contributed by atoms with van der Waals surface area (Å²) in [6.07, 6.45) is 3.56. The van der Waals surface area contributed by atoms with Crippen LogP contribution in [0.3, 0.4) is 0 Å². The Balaban J connectivity index is 1.66. The lowest BCUT2D eigenvalue weighted by atomic mass is 9.95. The molecule has 0 saturated carbocycles. The second-order valence-corrected chi connectivity index (χ2v) is 11.4. The maximum Gasteiger partial charge on any atom is 0.341 e. The molecule has 10 heteroatoms. The number of rotatable bonds is 10. The van der Waals surface area contributed by atoms with Gasteiger partial charge in [-0.05, 0) is 81.5 Å². The number of esters is 1. The van der Waals surface area contributed by atoms with E-state index < -0.39 is 28.4 Å². The predicted octanol–water partition coefficient (Wildman–Crippen LogP) is 5.04. The zero-order valence-corrected chi connectivity index (χ0v) is 22.5. The Labute approximate surface area is 221 Å². The molecule has 3 aromatic rings. The van der Waals surface area contributed by atoms with Crippen molar-refractivity contribution in [3.63, 3.8) is 0 Å². The first-order valence-electron chi connectivity index (χ1n) is 12.3. The van der Waals surface area contributed by atoms with Gasteiger partial charge in [0.15, 0.2) is 0 Å². The Morgan fingerprint density at radius 3 is 2.35 bits per heavy atom. The van der Waals surface area contributed by atoms with Crippen LogP contribution in [0.15, 0.2) is 59.5 Å². The maximum absolute atomic E-state index is 13.6. The molecule has 0 aliphatic heterocycles. The molecule has 4 rings (SSSR count). The number of hydrogen-bond donors (Lipinski definition) is 1. The Morgan fingerprint density at radius 2 is 1.68 bits per heavy atom. The SMILES string of the molecule is CCOC(=O)c1c(NC(=O)CN(c2ccc(OCC)cc2)S(=O)(=O)c2ccccc2)sc2c1CCCC2. The van der Waals surface area contributed by atoms with Crippen LogP contribution in [0.2, 0.25) is 0 Å². The summed E-state index contributed by atoms with van der Waals surface area (Å²) >= 11 is 1.36. The summed E-state index contributed by atoms with van der Waals surface area (Å²) in [4.78, 5) is 27.2. The molecule has 1 aliphatic carbocycles. The van der Waals surface area contributed by atoms with E-state index in [1.54, 1.807) is 49.4 Å². The molecule has 37 heavy (non-hydrogen) atoms. The highest BCUT2D eigenvalue weighted by molar-refractivity contribution is 7.92. The standard InChI is InChI=1S/C27H30N2O6S2/c1-3-34-20-16-14-19(15-17-20)29(37(32,33)21-10-6-5-7-11-21)18-24(30)28-26-25(27(31)35-4-2)22-12-8-9-13-23(22)36-26/h5-7,10-11,14-17H,3-4,8-9,12-13,18H2,1-2H3,(H,28,30). The number of anilines is 2. The number of sulfonamides is 1. The number of thiophene rings is 1. The van der Waals surface area contributed by atoms with Crippen molar-refractivity contribution in [3.05, 3.63) is 70.6 Å². The first kappa shape index (κ1) is 26.7. The fourth-order valence-corrected chi connectivity index (χ4v) is 7.02. The van der Waals surface area contributed by atoms with E-state index in [1.807, 2.05) is 6.92 Å². The molecule has 0 saturated heterocycles. The minimum absolute atomic E-state index is 0.0653. The molecule has 1 aliphatic rings. The number of hydrogen-bond acceptors (Lipinski definition) is 7. The van der Waals surface area contributed by atoms with Crippen molar-refractivity contribution in [1.82, 2.24) is 0 Å². The molecule has 1 amide bonds. The smallest absolute Gasteiger partial charge is 0.341 e. The fraction of sp³-hybridized carbons (Fsp3) is 0.333. The molecule has 0 radical (unpaired) electrons. The molecule has 1 aromatic heterocycles. The number of amides is 1. The monoisotopic (exact) mass is 542 g/mol. The van der Waals surface area contributed by atoms with Crippen LogP contribution in [0.4, 0.5) is 10.7 Å². The number of nitrogens with zero attached hydrogens (tertiary/aromatic N) is 1. The molecule has 196 valence electrons. The molecule has 0 bridgehead atoms. The topological polar surface area (TPSA) is 102 Å². The van der Waals surface area contributed by atoms with Gasteiger partial charge in [0.1, 0.15) is 17.3 Å². The van der Waals surface area contributed by atoms with E-state index >= 15 is 0 Å². The normalized spacial score (nSPS) is 12.9. The third kappa shape index (κ3) is 5.97. The third-order valence-corrected chi connectivity index (χ3v) is 8.95. The van der Waals surface area contributed by atoms with E-state index in [-0.39, 0.29) is 11.5 Å². The Bertz CT molecular complexity index is 1350. The van der Waals surface area contributed by atoms with Crippen LogP contribution in [0.25, 0.3) is 0 Å². The van der Waals surface area contributed by atoms with Crippen LogP contribution < -0.4 is 14.4 Å². The van der Waals surface area contributed by atoms with Crippen molar-refractivity contribution in [2.24, 2.45) is 0 Å². The van der Waals surface area contributed by atoms with Crippen molar-refractivity contribution < 1.29 is 27.5 Å². The summed E-state index contributed by atoms with van der Waals surface area (Å²) < 4.78 is 39.0. The summed E-state index contributed by atoms with van der Waals surface area (Å²) in [7, 11) is -4.06. The first-order chi connectivity index (χ1) is 17.8. The van der Waals surface area contributed by atoms with Gasteiger partial charge in [-0.15, -0.1) is 11.3 Å². The highest BCUT2D eigenvalue weighted by atomic mass is 32.2. The number of aryl methyl sites for hydroxylation is 1. The predicted molar refractivity (Wildman–Crippen MR) is 144 cm³/mol. The highest BCUT2D eigenvalue weighted by Crippen LogP contribution is 2.38. The van der Waals surface area contributed by atoms with Crippen LogP contribution in [-0.2, 0) is 32.4 Å². The van der Waals surface area contributed by atoms with Crippen LogP contribution in [-0.4, -0.2) is 40.1 Å². The van der Waals surface area contributed by atoms with Crippen molar-refractivity contribution in [3.8, 4) is 5.75 Å². The van der Waals surface area contributed by atoms with Gasteiger partial charge < -0.3 is 14.8 Å². The molecule has 1 N–H and O–H groups in total. The molecule has 1 heterocycles. The number of nitrogens with one attached hydrogen (secondary N) is 1. The lowest BCUT2D eigenvalue weighted by Gasteiger charge is -2.24. The first-order valence-corrected chi connectivity index (χ1v) is 14.5. The van der Waals surface area contributed by atoms with Gasteiger partial charge in [0.05, 0.1) is 29.4 Å². The van der Waals surface area contributed by atoms with Crippen molar-refractivity contribution in [2.45, 2.75) is 44.4 Å². The molecule has 0 unspecified atom stereocenters. The van der Waals surface area contributed by atoms with Crippen LogP contribution in [0.1, 0.15) is 47.5 Å².